The van der Waals surface area contributed by atoms with Crippen molar-refractivity contribution in [3.8, 4) is 0 Å². The molecule has 0 aromatic heterocycles. The fourth-order valence-electron chi connectivity index (χ4n) is 3.54. The average Bonchev–Trinajstić information content (AvgIpc) is 2.84. The van der Waals surface area contributed by atoms with Crippen molar-refractivity contribution in [3.05, 3.63) is 71.3 Å². The van der Waals surface area contributed by atoms with Crippen LogP contribution in [-0.4, -0.2) is 42.3 Å². The van der Waals surface area contributed by atoms with E-state index in [-0.39, 0.29) is 18.9 Å². The second kappa shape index (κ2) is 11.3. The van der Waals surface area contributed by atoms with Crippen molar-refractivity contribution >= 4 is 23.7 Å². The van der Waals surface area contributed by atoms with E-state index in [4.69, 9.17) is 4.74 Å². The predicted octanol–water partition coefficient (Wildman–Crippen LogP) is 1.91. The summed E-state index contributed by atoms with van der Waals surface area (Å²) in [6, 6.07) is 14.8. The van der Waals surface area contributed by atoms with Gasteiger partial charge in [0.2, 0.25) is 11.7 Å². The summed E-state index contributed by atoms with van der Waals surface area (Å²) in [5.74, 6) is -2.29. The Hall–Kier alpha value is -3.68. The van der Waals surface area contributed by atoms with E-state index < -0.39 is 35.8 Å². The van der Waals surface area contributed by atoms with Crippen LogP contribution >= 0.6 is 0 Å². The SMILES string of the molecule is CC(C)C(NC(=O)OCc1ccccc1)C(=O)NC1Cc2ccc(cc2)CCNC(=O)C1=O. The van der Waals surface area contributed by atoms with Crippen molar-refractivity contribution in [2.45, 2.75) is 45.4 Å². The summed E-state index contributed by atoms with van der Waals surface area (Å²) in [6.45, 7) is 3.93. The third-order valence-corrected chi connectivity index (χ3v) is 5.45. The number of rotatable bonds is 6. The van der Waals surface area contributed by atoms with Crippen LogP contribution in [0.3, 0.4) is 0 Å². The van der Waals surface area contributed by atoms with Crippen LogP contribution in [0.15, 0.2) is 54.6 Å². The largest absolute Gasteiger partial charge is 0.445 e. The van der Waals surface area contributed by atoms with Crippen LogP contribution in [0.2, 0.25) is 0 Å². The fraction of sp³-hybridized carbons (Fsp3) is 0.360. The van der Waals surface area contributed by atoms with Gasteiger partial charge in [-0.1, -0.05) is 68.4 Å². The molecule has 2 atom stereocenters. The molecule has 2 unspecified atom stereocenters. The van der Waals surface area contributed by atoms with Gasteiger partial charge in [-0.25, -0.2) is 4.79 Å². The number of Topliss-reactive ketones (excluding diaryl/α,β-unsaturated/α-hetero) is 1. The van der Waals surface area contributed by atoms with Crippen LogP contribution in [0.5, 0.6) is 0 Å². The van der Waals surface area contributed by atoms with Crippen LogP contribution in [0.25, 0.3) is 0 Å². The summed E-state index contributed by atoms with van der Waals surface area (Å²) in [4.78, 5) is 50.4. The van der Waals surface area contributed by atoms with Gasteiger partial charge in [0.25, 0.3) is 5.91 Å². The lowest BCUT2D eigenvalue weighted by atomic mass is 9.98. The minimum absolute atomic E-state index is 0.0659. The Bertz CT molecular complexity index is 989. The number of alkyl carbamates (subject to hydrolysis) is 1. The zero-order chi connectivity index (χ0) is 23.8. The summed E-state index contributed by atoms with van der Waals surface area (Å²) >= 11 is 0. The van der Waals surface area contributed by atoms with Crippen LogP contribution in [0.4, 0.5) is 4.79 Å². The topological polar surface area (TPSA) is 114 Å². The number of benzene rings is 2. The molecule has 8 heteroatoms. The maximum absolute atomic E-state index is 13.0. The molecular formula is C25H29N3O5. The third kappa shape index (κ3) is 6.90. The van der Waals surface area contributed by atoms with E-state index in [1.807, 2.05) is 54.6 Å². The first-order chi connectivity index (χ1) is 15.8. The average molecular weight is 452 g/mol. The molecule has 0 radical (unpaired) electrons. The number of amides is 3. The Labute approximate surface area is 193 Å². The maximum Gasteiger partial charge on any atom is 0.408 e. The van der Waals surface area contributed by atoms with Gasteiger partial charge in [-0.15, -0.1) is 0 Å². The molecule has 2 heterocycles. The lowest BCUT2D eigenvalue weighted by Gasteiger charge is -2.24. The molecule has 0 spiro atoms. The van der Waals surface area contributed by atoms with Gasteiger partial charge in [0.1, 0.15) is 18.7 Å². The molecular weight excluding hydrogens is 422 g/mol. The molecule has 2 aliphatic heterocycles. The first kappa shape index (κ1) is 24.0. The molecule has 2 aliphatic rings. The molecule has 4 rings (SSSR count). The lowest BCUT2D eigenvalue weighted by Crippen LogP contribution is -2.56. The molecule has 8 nitrogen and oxygen atoms in total. The first-order valence-corrected chi connectivity index (χ1v) is 11.0. The molecule has 3 amide bonds. The van der Waals surface area contributed by atoms with Gasteiger partial charge in [0, 0.05) is 13.0 Å². The summed E-state index contributed by atoms with van der Waals surface area (Å²) < 4.78 is 5.22. The normalized spacial score (nSPS) is 17.0. The number of hydrogen-bond acceptors (Lipinski definition) is 5. The Morgan fingerprint density at radius 3 is 2.36 bits per heavy atom. The van der Waals surface area contributed by atoms with E-state index >= 15 is 0 Å². The van der Waals surface area contributed by atoms with Crippen LogP contribution in [0.1, 0.15) is 30.5 Å². The number of ketones is 1. The summed E-state index contributed by atoms with van der Waals surface area (Å²) in [5.41, 5.74) is 2.69. The highest BCUT2D eigenvalue weighted by molar-refractivity contribution is 6.38. The molecule has 2 aromatic rings. The zero-order valence-electron chi connectivity index (χ0n) is 18.8. The Morgan fingerprint density at radius 2 is 1.70 bits per heavy atom. The molecule has 0 aliphatic carbocycles. The van der Waals surface area contributed by atoms with Gasteiger partial charge in [0.05, 0.1) is 0 Å². The minimum Gasteiger partial charge on any atom is -0.445 e. The minimum atomic E-state index is -1.05. The van der Waals surface area contributed by atoms with Crippen LogP contribution in [0, 0.1) is 5.92 Å². The van der Waals surface area contributed by atoms with E-state index in [1.54, 1.807) is 13.8 Å². The second-order valence-corrected chi connectivity index (χ2v) is 8.38. The van der Waals surface area contributed by atoms with Gasteiger partial charge in [0.15, 0.2) is 0 Å². The maximum atomic E-state index is 13.0. The van der Waals surface area contributed by atoms with Crippen molar-refractivity contribution < 1.29 is 23.9 Å². The Morgan fingerprint density at radius 1 is 1.03 bits per heavy atom. The standard InChI is InChI=1S/C25H29N3O5/c1-16(2)21(28-25(32)33-15-19-6-4-3-5-7-19)23(30)27-20-14-18-10-8-17(9-11-18)12-13-26-24(31)22(20)29/h3-11,16,20-21H,12-15H2,1-2H3,(H,26,31)(H,27,30)(H,28,32). The number of ether oxygens (including phenoxy) is 1. The van der Waals surface area contributed by atoms with Gasteiger partial charge in [-0.3, -0.25) is 14.4 Å². The van der Waals surface area contributed by atoms with E-state index in [1.165, 1.54) is 0 Å². The van der Waals surface area contributed by atoms with E-state index in [0.29, 0.717) is 13.0 Å². The van der Waals surface area contributed by atoms with Crippen molar-refractivity contribution in [3.63, 3.8) is 0 Å². The number of fused-ring (bicyclic) bond motifs is 8. The molecule has 33 heavy (non-hydrogen) atoms. The molecule has 0 saturated heterocycles. The smallest absolute Gasteiger partial charge is 0.408 e. The van der Waals surface area contributed by atoms with Gasteiger partial charge in [-0.2, -0.15) is 0 Å². The fourth-order valence-corrected chi connectivity index (χ4v) is 3.54. The quantitative estimate of drug-likeness (QED) is 0.581. The number of carbonyl (C=O) groups excluding carboxylic acids is 4. The van der Waals surface area contributed by atoms with Gasteiger partial charge >= 0.3 is 6.09 Å². The summed E-state index contributed by atoms with van der Waals surface area (Å²) in [6.07, 6.45) is 0.0391. The Balaban J connectivity index is 1.67. The van der Waals surface area contributed by atoms with E-state index in [0.717, 1.165) is 16.7 Å². The summed E-state index contributed by atoms with van der Waals surface area (Å²) in [5, 5.41) is 7.84. The van der Waals surface area contributed by atoms with Crippen molar-refractivity contribution in [2.24, 2.45) is 5.92 Å². The first-order valence-electron chi connectivity index (χ1n) is 11.0. The van der Waals surface area contributed by atoms with Crippen molar-refractivity contribution in [1.29, 1.82) is 0 Å². The van der Waals surface area contributed by atoms with Crippen molar-refractivity contribution in [2.75, 3.05) is 6.54 Å². The van der Waals surface area contributed by atoms with Gasteiger partial charge in [-0.05, 0) is 29.0 Å². The number of carbonyl (C=O) groups is 4. The predicted molar refractivity (Wildman–Crippen MR) is 122 cm³/mol. The molecule has 0 saturated carbocycles. The highest BCUT2D eigenvalue weighted by Gasteiger charge is 2.32. The number of nitrogens with one attached hydrogen (secondary N) is 3. The van der Waals surface area contributed by atoms with E-state index in [2.05, 4.69) is 16.0 Å². The highest BCUT2D eigenvalue weighted by Crippen LogP contribution is 2.11. The molecule has 2 aromatic carbocycles. The Kier molecular flexibility index (Phi) is 8.18. The van der Waals surface area contributed by atoms with Gasteiger partial charge < -0.3 is 20.7 Å². The lowest BCUT2D eigenvalue weighted by molar-refractivity contribution is -0.140. The molecule has 174 valence electrons. The van der Waals surface area contributed by atoms with Crippen molar-refractivity contribution in [1.82, 2.24) is 16.0 Å². The van der Waals surface area contributed by atoms with E-state index in [9.17, 15) is 19.2 Å². The number of hydrogen-bond donors (Lipinski definition) is 3. The third-order valence-electron chi connectivity index (χ3n) is 5.45. The molecule has 2 bridgehead atoms. The second-order valence-electron chi connectivity index (χ2n) is 8.38. The summed E-state index contributed by atoms with van der Waals surface area (Å²) in [7, 11) is 0. The van der Waals surface area contributed by atoms with Crippen LogP contribution in [-0.2, 0) is 38.6 Å². The zero-order valence-corrected chi connectivity index (χ0v) is 18.8. The highest BCUT2D eigenvalue weighted by atomic mass is 16.5. The van der Waals surface area contributed by atoms with Crippen LogP contribution < -0.4 is 16.0 Å². The molecule has 0 fully saturated rings. The monoisotopic (exact) mass is 451 g/mol. The molecule has 3 N–H and O–H groups in total.